The van der Waals surface area contributed by atoms with E-state index in [1.165, 1.54) is 10.6 Å². The molecule has 7 heteroatoms. The summed E-state index contributed by atoms with van der Waals surface area (Å²) in [5, 5.41) is 6.81. The van der Waals surface area contributed by atoms with Gasteiger partial charge in [-0.2, -0.15) is 9.50 Å². The number of hydrogen-bond acceptors (Lipinski definition) is 4. The van der Waals surface area contributed by atoms with Gasteiger partial charge in [0.25, 0.3) is 11.5 Å². The number of carbonyl (C=O) groups excluding carboxylic acids is 1. The molecular weight excluding hydrogens is 270 g/mol. The monoisotopic (exact) mass is 283 g/mol. The predicted molar refractivity (Wildman–Crippen MR) is 77.5 cm³/mol. The van der Waals surface area contributed by atoms with Gasteiger partial charge in [0.2, 0.25) is 5.78 Å². The Bertz CT molecular complexity index is 877. The molecule has 21 heavy (non-hydrogen) atoms. The van der Waals surface area contributed by atoms with Crippen LogP contribution in [0.3, 0.4) is 0 Å². The smallest absolute Gasteiger partial charge is 0.256 e. The molecule has 3 aromatic rings. The summed E-state index contributed by atoms with van der Waals surface area (Å²) in [6.07, 6.45) is 0. The van der Waals surface area contributed by atoms with Crippen molar-refractivity contribution in [1.29, 1.82) is 0 Å². The largest absolute Gasteiger partial charge is 0.306 e. The highest BCUT2D eigenvalue weighted by molar-refractivity contribution is 6.03. The van der Waals surface area contributed by atoms with E-state index in [-0.39, 0.29) is 17.3 Å². The Hall–Kier alpha value is -2.96. The maximum atomic E-state index is 12.2. The summed E-state index contributed by atoms with van der Waals surface area (Å²) in [5.41, 5.74) is 1.22. The minimum absolute atomic E-state index is 0.278. The molecule has 1 amide bonds. The Morgan fingerprint density at radius 3 is 2.67 bits per heavy atom. The summed E-state index contributed by atoms with van der Waals surface area (Å²) in [6.45, 7) is 3.65. The molecule has 2 aromatic heterocycles. The number of aryl methyl sites for hydroxylation is 2. The summed E-state index contributed by atoms with van der Waals surface area (Å²) in [4.78, 5) is 30.4. The number of aromatic amines is 1. The Balaban J connectivity index is 1.99. The fourth-order valence-electron chi connectivity index (χ4n) is 1.98. The van der Waals surface area contributed by atoms with Crippen LogP contribution in [0, 0.1) is 13.8 Å². The SMILES string of the molecule is Cc1ccc(C(=O)Nc2cc(=O)[nH]c3nc(C)nn23)cc1. The van der Waals surface area contributed by atoms with Crippen LogP contribution in [0.4, 0.5) is 5.82 Å². The van der Waals surface area contributed by atoms with Crippen molar-refractivity contribution in [3.63, 3.8) is 0 Å². The Morgan fingerprint density at radius 2 is 1.95 bits per heavy atom. The van der Waals surface area contributed by atoms with E-state index in [0.717, 1.165) is 5.56 Å². The number of carbonyl (C=O) groups is 1. The van der Waals surface area contributed by atoms with Crippen LogP contribution in [0.1, 0.15) is 21.7 Å². The van der Waals surface area contributed by atoms with Crippen LogP contribution in [0.5, 0.6) is 0 Å². The number of nitrogens with one attached hydrogen (secondary N) is 2. The lowest BCUT2D eigenvalue weighted by Gasteiger charge is -2.06. The topological polar surface area (TPSA) is 92.1 Å². The number of rotatable bonds is 2. The van der Waals surface area contributed by atoms with Gasteiger partial charge in [-0.05, 0) is 26.0 Å². The van der Waals surface area contributed by atoms with Gasteiger partial charge in [-0.25, -0.2) is 0 Å². The average Bonchev–Trinajstić information content (AvgIpc) is 2.79. The van der Waals surface area contributed by atoms with Crippen molar-refractivity contribution in [1.82, 2.24) is 19.6 Å². The molecule has 0 saturated carbocycles. The normalized spacial score (nSPS) is 10.8. The summed E-state index contributed by atoms with van der Waals surface area (Å²) >= 11 is 0. The van der Waals surface area contributed by atoms with E-state index < -0.39 is 0 Å². The van der Waals surface area contributed by atoms with Crippen LogP contribution in [-0.4, -0.2) is 25.5 Å². The molecular formula is C14H13N5O2. The third-order valence-corrected chi connectivity index (χ3v) is 3.00. The number of nitrogens with zero attached hydrogens (tertiary/aromatic N) is 3. The van der Waals surface area contributed by atoms with E-state index in [9.17, 15) is 9.59 Å². The number of hydrogen-bond donors (Lipinski definition) is 2. The molecule has 0 aliphatic carbocycles. The molecule has 0 radical (unpaired) electrons. The summed E-state index contributed by atoms with van der Waals surface area (Å²) in [5.74, 6) is 0.761. The highest BCUT2D eigenvalue weighted by atomic mass is 16.2. The van der Waals surface area contributed by atoms with Gasteiger partial charge < -0.3 is 5.32 Å². The zero-order valence-electron chi connectivity index (χ0n) is 11.5. The quantitative estimate of drug-likeness (QED) is 0.741. The molecule has 0 bridgehead atoms. The molecule has 0 fully saturated rings. The van der Waals surface area contributed by atoms with Gasteiger partial charge in [0, 0.05) is 11.6 Å². The van der Waals surface area contributed by atoms with Crippen LogP contribution in [-0.2, 0) is 0 Å². The van der Waals surface area contributed by atoms with E-state index in [0.29, 0.717) is 17.2 Å². The standard InChI is InChI=1S/C14H13N5O2/c1-8-3-5-10(6-4-8)13(21)16-11-7-12(20)17-14-15-9(2)18-19(11)14/h3-7H,1-2H3,(H,16,21)(H,15,17,18,20). The second-order valence-electron chi connectivity index (χ2n) is 4.73. The van der Waals surface area contributed by atoms with Crippen LogP contribution in [0.15, 0.2) is 35.1 Å². The van der Waals surface area contributed by atoms with Crippen LogP contribution < -0.4 is 10.9 Å². The molecule has 7 nitrogen and oxygen atoms in total. The molecule has 0 saturated heterocycles. The Kier molecular flexibility index (Phi) is 3.02. The zero-order chi connectivity index (χ0) is 15.0. The minimum atomic E-state index is -0.353. The Morgan fingerprint density at radius 1 is 1.24 bits per heavy atom. The van der Waals surface area contributed by atoms with Gasteiger partial charge in [-0.1, -0.05) is 17.7 Å². The van der Waals surface area contributed by atoms with Gasteiger partial charge in [0.1, 0.15) is 11.6 Å². The predicted octanol–water partition coefficient (Wildman–Crippen LogP) is 1.29. The first-order chi connectivity index (χ1) is 10.0. The molecule has 2 N–H and O–H groups in total. The average molecular weight is 283 g/mol. The third-order valence-electron chi connectivity index (χ3n) is 3.00. The van der Waals surface area contributed by atoms with Crippen molar-refractivity contribution in [2.75, 3.05) is 5.32 Å². The summed E-state index contributed by atoms with van der Waals surface area (Å²) in [6, 6.07) is 8.42. The first-order valence-electron chi connectivity index (χ1n) is 6.37. The van der Waals surface area contributed by atoms with Crippen molar-refractivity contribution in [2.24, 2.45) is 0 Å². The van der Waals surface area contributed by atoms with Gasteiger partial charge >= 0.3 is 0 Å². The van der Waals surface area contributed by atoms with Crippen molar-refractivity contribution in [2.45, 2.75) is 13.8 Å². The fourth-order valence-corrected chi connectivity index (χ4v) is 1.98. The van der Waals surface area contributed by atoms with Crippen LogP contribution >= 0.6 is 0 Å². The lowest BCUT2D eigenvalue weighted by molar-refractivity contribution is 0.102. The Labute approximate surface area is 119 Å². The number of H-pyrrole nitrogens is 1. The number of benzene rings is 1. The van der Waals surface area contributed by atoms with E-state index in [1.807, 2.05) is 19.1 Å². The highest BCUT2D eigenvalue weighted by Gasteiger charge is 2.11. The second-order valence-corrected chi connectivity index (χ2v) is 4.73. The first-order valence-corrected chi connectivity index (χ1v) is 6.37. The fraction of sp³-hybridized carbons (Fsp3) is 0.143. The summed E-state index contributed by atoms with van der Waals surface area (Å²) in [7, 11) is 0. The zero-order valence-corrected chi connectivity index (χ0v) is 11.5. The van der Waals surface area contributed by atoms with Gasteiger partial charge in [-0.15, -0.1) is 5.10 Å². The van der Waals surface area contributed by atoms with Crippen molar-refractivity contribution < 1.29 is 4.79 Å². The first kappa shape index (κ1) is 13.0. The maximum Gasteiger partial charge on any atom is 0.256 e. The van der Waals surface area contributed by atoms with Gasteiger partial charge in [0.05, 0.1) is 0 Å². The van der Waals surface area contributed by atoms with E-state index >= 15 is 0 Å². The van der Waals surface area contributed by atoms with Crippen molar-refractivity contribution in [3.8, 4) is 0 Å². The number of anilines is 1. The molecule has 0 aliphatic rings. The van der Waals surface area contributed by atoms with Gasteiger partial charge in [0.15, 0.2) is 0 Å². The molecule has 1 aromatic carbocycles. The van der Waals surface area contributed by atoms with Crippen LogP contribution in [0.25, 0.3) is 5.78 Å². The molecule has 0 atom stereocenters. The van der Waals surface area contributed by atoms with E-state index in [4.69, 9.17) is 0 Å². The van der Waals surface area contributed by atoms with Crippen LogP contribution in [0.2, 0.25) is 0 Å². The number of amides is 1. The lowest BCUT2D eigenvalue weighted by atomic mass is 10.1. The third kappa shape index (κ3) is 2.53. The minimum Gasteiger partial charge on any atom is -0.306 e. The molecule has 0 aliphatic heterocycles. The molecule has 2 heterocycles. The number of aromatic nitrogens is 4. The maximum absolute atomic E-state index is 12.2. The van der Waals surface area contributed by atoms with Gasteiger partial charge in [-0.3, -0.25) is 14.6 Å². The highest BCUT2D eigenvalue weighted by Crippen LogP contribution is 2.09. The van der Waals surface area contributed by atoms with E-state index in [2.05, 4.69) is 20.4 Å². The number of fused-ring (bicyclic) bond motifs is 1. The molecule has 3 rings (SSSR count). The summed E-state index contributed by atoms with van der Waals surface area (Å²) < 4.78 is 1.39. The van der Waals surface area contributed by atoms with E-state index in [1.54, 1.807) is 19.1 Å². The van der Waals surface area contributed by atoms with Crippen molar-refractivity contribution >= 4 is 17.5 Å². The molecule has 0 unspecified atom stereocenters. The molecule has 106 valence electrons. The van der Waals surface area contributed by atoms with Crippen molar-refractivity contribution in [3.05, 3.63) is 57.6 Å². The lowest BCUT2D eigenvalue weighted by Crippen LogP contribution is -2.18. The second kappa shape index (κ2) is 4.86. The molecule has 0 spiro atoms.